The Morgan fingerprint density at radius 2 is 2.00 bits per heavy atom. The SMILES string of the molecule is CCC(C(=O)Nc1cc(C)on1)N1CCN(c2nc3cc(C)ccc3o2)CC1. The van der Waals surface area contributed by atoms with Crippen LogP contribution in [0.25, 0.3) is 11.1 Å². The Bertz CT molecular complexity index is 971. The minimum atomic E-state index is -0.203. The molecule has 1 aliphatic heterocycles. The summed E-state index contributed by atoms with van der Waals surface area (Å²) < 4.78 is 10.9. The Morgan fingerprint density at radius 3 is 2.68 bits per heavy atom. The Labute approximate surface area is 163 Å². The van der Waals surface area contributed by atoms with Crippen LogP contribution >= 0.6 is 0 Å². The topological polar surface area (TPSA) is 87.6 Å². The number of fused-ring (bicyclic) bond motifs is 1. The van der Waals surface area contributed by atoms with E-state index in [1.165, 1.54) is 0 Å². The molecule has 1 aromatic carbocycles. The molecule has 1 saturated heterocycles. The van der Waals surface area contributed by atoms with Gasteiger partial charge in [-0.2, -0.15) is 4.98 Å². The molecule has 2 aromatic heterocycles. The van der Waals surface area contributed by atoms with Gasteiger partial charge in [-0.1, -0.05) is 18.1 Å². The van der Waals surface area contributed by atoms with Crippen LogP contribution in [0.5, 0.6) is 0 Å². The van der Waals surface area contributed by atoms with E-state index in [4.69, 9.17) is 8.94 Å². The number of hydrogen-bond donors (Lipinski definition) is 1. The van der Waals surface area contributed by atoms with Crippen molar-refractivity contribution in [3.05, 3.63) is 35.6 Å². The van der Waals surface area contributed by atoms with E-state index in [-0.39, 0.29) is 11.9 Å². The Balaban J connectivity index is 1.39. The van der Waals surface area contributed by atoms with Gasteiger partial charge in [-0.05, 0) is 38.0 Å². The molecule has 1 unspecified atom stereocenters. The lowest BCUT2D eigenvalue weighted by atomic mass is 10.1. The van der Waals surface area contributed by atoms with Gasteiger partial charge in [-0.15, -0.1) is 0 Å². The number of carbonyl (C=O) groups is 1. The van der Waals surface area contributed by atoms with Crippen LogP contribution in [0.2, 0.25) is 0 Å². The van der Waals surface area contributed by atoms with Crippen LogP contribution < -0.4 is 10.2 Å². The standard InChI is InChI=1S/C20H25N5O3/c1-4-16(19(26)22-18-12-14(3)28-23-18)24-7-9-25(10-8-24)20-21-15-11-13(2)5-6-17(15)27-20/h5-6,11-12,16H,4,7-10H2,1-3H3,(H,22,23,26). The van der Waals surface area contributed by atoms with Gasteiger partial charge in [0.2, 0.25) is 5.91 Å². The molecule has 4 rings (SSSR count). The first-order chi connectivity index (χ1) is 13.5. The van der Waals surface area contributed by atoms with Gasteiger partial charge in [0.25, 0.3) is 6.01 Å². The number of nitrogens with one attached hydrogen (secondary N) is 1. The zero-order valence-corrected chi connectivity index (χ0v) is 16.4. The molecule has 1 atom stereocenters. The van der Waals surface area contributed by atoms with Crippen molar-refractivity contribution in [1.29, 1.82) is 0 Å². The van der Waals surface area contributed by atoms with Gasteiger partial charge in [0.05, 0.1) is 6.04 Å². The van der Waals surface area contributed by atoms with Gasteiger partial charge in [0.1, 0.15) is 11.3 Å². The van der Waals surface area contributed by atoms with Gasteiger partial charge in [-0.3, -0.25) is 9.69 Å². The third kappa shape index (κ3) is 3.73. The summed E-state index contributed by atoms with van der Waals surface area (Å²) in [7, 11) is 0. The van der Waals surface area contributed by atoms with E-state index in [1.54, 1.807) is 13.0 Å². The summed E-state index contributed by atoms with van der Waals surface area (Å²) in [5.74, 6) is 1.08. The summed E-state index contributed by atoms with van der Waals surface area (Å²) in [5, 5.41) is 6.69. The highest BCUT2D eigenvalue weighted by Crippen LogP contribution is 2.24. The highest BCUT2D eigenvalue weighted by atomic mass is 16.5. The number of hydrogen-bond acceptors (Lipinski definition) is 7. The Morgan fingerprint density at radius 1 is 1.21 bits per heavy atom. The quantitative estimate of drug-likeness (QED) is 0.725. The second-order valence-electron chi connectivity index (χ2n) is 7.23. The molecule has 1 amide bonds. The van der Waals surface area contributed by atoms with E-state index in [0.29, 0.717) is 17.6 Å². The van der Waals surface area contributed by atoms with E-state index < -0.39 is 0 Å². The monoisotopic (exact) mass is 383 g/mol. The fourth-order valence-electron chi connectivity index (χ4n) is 3.63. The fraction of sp³-hybridized carbons (Fsp3) is 0.450. The molecule has 0 radical (unpaired) electrons. The molecular formula is C20H25N5O3. The number of amides is 1. The van der Waals surface area contributed by atoms with Crippen molar-refractivity contribution in [3.8, 4) is 0 Å². The van der Waals surface area contributed by atoms with Gasteiger partial charge in [0.15, 0.2) is 11.4 Å². The maximum atomic E-state index is 12.7. The van der Waals surface area contributed by atoms with Crippen molar-refractivity contribution in [2.24, 2.45) is 0 Å². The summed E-state index contributed by atoms with van der Waals surface area (Å²) in [4.78, 5) is 21.6. The van der Waals surface area contributed by atoms with E-state index in [0.717, 1.165) is 49.3 Å². The van der Waals surface area contributed by atoms with Crippen molar-refractivity contribution in [2.45, 2.75) is 33.2 Å². The van der Waals surface area contributed by atoms with Crippen molar-refractivity contribution in [1.82, 2.24) is 15.0 Å². The van der Waals surface area contributed by atoms with Crippen LogP contribution in [0.1, 0.15) is 24.7 Å². The van der Waals surface area contributed by atoms with E-state index >= 15 is 0 Å². The number of rotatable bonds is 5. The minimum absolute atomic E-state index is 0.0541. The highest BCUT2D eigenvalue weighted by molar-refractivity contribution is 5.94. The largest absolute Gasteiger partial charge is 0.423 e. The molecule has 3 heterocycles. The number of carbonyl (C=O) groups excluding carboxylic acids is 1. The normalized spacial score (nSPS) is 16.5. The summed E-state index contributed by atoms with van der Waals surface area (Å²) in [5.41, 5.74) is 2.85. The first-order valence-electron chi connectivity index (χ1n) is 9.64. The van der Waals surface area contributed by atoms with Crippen LogP contribution in [0.3, 0.4) is 0 Å². The first kappa shape index (κ1) is 18.5. The number of piperazine rings is 1. The maximum Gasteiger partial charge on any atom is 0.298 e. The average Bonchev–Trinajstić information content (AvgIpc) is 3.28. The summed E-state index contributed by atoms with van der Waals surface area (Å²) in [6, 6.07) is 8.18. The van der Waals surface area contributed by atoms with Crippen LogP contribution in [0, 0.1) is 13.8 Å². The third-order valence-corrected chi connectivity index (χ3v) is 5.13. The predicted molar refractivity (Wildman–Crippen MR) is 106 cm³/mol. The number of oxazole rings is 1. The molecular weight excluding hydrogens is 358 g/mol. The second kappa shape index (κ2) is 7.63. The summed E-state index contributed by atoms with van der Waals surface area (Å²) in [6.45, 7) is 8.92. The van der Waals surface area contributed by atoms with E-state index in [1.807, 2.05) is 32.0 Å². The lowest BCUT2D eigenvalue weighted by molar-refractivity contribution is -0.121. The van der Waals surface area contributed by atoms with Crippen molar-refractivity contribution in [3.63, 3.8) is 0 Å². The Hall–Kier alpha value is -2.87. The lowest BCUT2D eigenvalue weighted by Crippen LogP contribution is -2.53. The molecule has 1 aliphatic rings. The van der Waals surface area contributed by atoms with Gasteiger partial charge in [-0.25, -0.2) is 0 Å². The average molecular weight is 383 g/mol. The molecule has 8 heteroatoms. The van der Waals surface area contributed by atoms with E-state index in [2.05, 4.69) is 25.3 Å². The smallest absolute Gasteiger partial charge is 0.298 e. The van der Waals surface area contributed by atoms with Crippen LogP contribution in [-0.4, -0.2) is 53.2 Å². The van der Waals surface area contributed by atoms with Crippen LogP contribution in [0.4, 0.5) is 11.8 Å². The van der Waals surface area contributed by atoms with Gasteiger partial charge >= 0.3 is 0 Å². The molecule has 8 nitrogen and oxygen atoms in total. The maximum absolute atomic E-state index is 12.7. The summed E-state index contributed by atoms with van der Waals surface area (Å²) >= 11 is 0. The minimum Gasteiger partial charge on any atom is -0.423 e. The zero-order valence-electron chi connectivity index (χ0n) is 16.4. The van der Waals surface area contributed by atoms with Crippen LogP contribution in [0.15, 0.2) is 33.2 Å². The lowest BCUT2D eigenvalue weighted by Gasteiger charge is -2.37. The molecule has 0 spiro atoms. The van der Waals surface area contributed by atoms with Crippen molar-refractivity contribution < 1.29 is 13.7 Å². The molecule has 148 valence electrons. The number of aromatic nitrogens is 2. The number of benzene rings is 1. The number of aryl methyl sites for hydroxylation is 2. The fourth-order valence-corrected chi connectivity index (χ4v) is 3.63. The molecule has 0 saturated carbocycles. The molecule has 28 heavy (non-hydrogen) atoms. The third-order valence-electron chi connectivity index (χ3n) is 5.13. The zero-order chi connectivity index (χ0) is 19.7. The first-order valence-corrected chi connectivity index (χ1v) is 9.64. The Kier molecular flexibility index (Phi) is 5.04. The highest BCUT2D eigenvalue weighted by Gasteiger charge is 2.29. The summed E-state index contributed by atoms with van der Waals surface area (Å²) in [6.07, 6.45) is 0.727. The van der Waals surface area contributed by atoms with Crippen molar-refractivity contribution in [2.75, 3.05) is 36.4 Å². The van der Waals surface area contributed by atoms with Gasteiger partial charge in [0, 0.05) is 32.2 Å². The van der Waals surface area contributed by atoms with Crippen molar-refractivity contribution >= 4 is 28.8 Å². The van der Waals surface area contributed by atoms with Crippen LogP contribution in [-0.2, 0) is 4.79 Å². The molecule has 1 N–H and O–H groups in total. The number of nitrogens with zero attached hydrogens (tertiary/aromatic N) is 4. The molecule has 3 aromatic rings. The molecule has 1 fully saturated rings. The molecule has 0 bridgehead atoms. The number of anilines is 2. The van der Waals surface area contributed by atoms with E-state index in [9.17, 15) is 4.79 Å². The predicted octanol–water partition coefficient (Wildman–Crippen LogP) is 2.97. The molecule has 0 aliphatic carbocycles. The van der Waals surface area contributed by atoms with Gasteiger partial charge < -0.3 is 19.2 Å². The second-order valence-corrected chi connectivity index (χ2v) is 7.23.